The van der Waals surface area contributed by atoms with Crippen LogP contribution in [0.3, 0.4) is 0 Å². The predicted octanol–water partition coefficient (Wildman–Crippen LogP) is 2.01. The molecular weight excluding hydrogens is 338 g/mol. The summed E-state index contributed by atoms with van der Waals surface area (Å²) in [7, 11) is 1.75. The molecule has 0 atom stereocenters. The first-order valence-corrected chi connectivity index (χ1v) is 10.3. The molecule has 1 saturated heterocycles. The molecule has 2 heterocycles. The van der Waals surface area contributed by atoms with E-state index in [2.05, 4.69) is 26.6 Å². The molecule has 0 saturated carbocycles. The number of carbonyl (C=O) groups excluding carboxylic acids is 1. The Morgan fingerprint density at radius 3 is 2.63 bits per heavy atom. The maximum atomic E-state index is 12.6. The molecule has 0 radical (unpaired) electrons. The van der Waals surface area contributed by atoms with Gasteiger partial charge in [0.25, 0.3) is 0 Å². The molecule has 6 nitrogen and oxygen atoms in total. The lowest BCUT2D eigenvalue weighted by Crippen LogP contribution is -2.45. The zero-order valence-corrected chi connectivity index (χ0v) is 16.5. The van der Waals surface area contributed by atoms with Crippen molar-refractivity contribution < 1.29 is 4.79 Å². The van der Waals surface area contributed by atoms with Crippen LogP contribution in [0.25, 0.3) is 0 Å². The van der Waals surface area contributed by atoms with Crippen molar-refractivity contribution in [3.05, 3.63) is 29.8 Å². The summed E-state index contributed by atoms with van der Waals surface area (Å²) in [5, 5.41) is 6.49. The largest absolute Gasteiger partial charge is 0.356 e. The Bertz CT molecular complexity index is 637. The van der Waals surface area contributed by atoms with Crippen LogP contribution in [0.1, 0.15) is 37.7 Å². The first-order chi connectivity index (χ1) is 13.3. The molecule has 1 amide bonds. The number of fused-ring (bicyclic) bond motifs is 1. The van der Waals surface area contributed by atoms with Crippen molar-refractivity contribution in [3.63, 3.8) is 0 Å². The van der Waals surface area contributed by atoms with Crippen molar-refractivity contribution in [2.75, 3.05) is 51.2 Å². The molecule has 1 aromatic rings. The van der Waals surface area contributed by atoms with E-state index < -0.39 is 0 Å². The summed E-state index contributed by atoms with van der Waals surface area (Å²) in [5.74, 6) is 0.791. The van der Waals surface area contributed by atoms with Crippen LogP contribution in [0, 0.1) is 0 Å². The second-order valence-electron chi connectivity index (χ2n) is 7.39. The van der Waals surface area contributed by atoms with E-state index in [0.29, 0.717) is 5.96 Å². The number of anilines is 1. The average molecular weight is 372 g/mol. The molecular formula is C21H33N5O. The quantitative estimate of drug-likeness (QED) is 0.456. The molecule has 1 aromatic carbocycles. The molecule has 148 valence electrons. The lowest BCUT2D eigenvalue weighted by molar-refractivity contribution is -0.117. The van der Waals surface area contributed by atoms with Crippen LogP contribution in [0.15, 0.2) is 29.3 Å². The first kappa shape index (κ1) is 19.7. The fourth-order valence-corrected chi connectivity index (χ4v) is 3.94. The molecule has 1 fully saturated rings. The molecule has 0 bridgehead atoms. The van der Waals surface area contributed by atoms with Gasteiger partial charge in [0.15, 0.2) is 5.96 Å². The zero-order valence-electron chi connectivity index (χ0n) is 16.5. The lowest BCUT2D eigenvalue weighted by Gasteiger charge is -2.20. The minimum atomic E-state index is 0.0902. The van der Waals surface area contributed by atoms with Crippen LogP contribution >= 0.6 is 0 Å². The van der Waals surface area contributed by atoms with Gasteiger partial charge in [-0.05, 0) is 56.9 Å². The Balaban J connectivity index is 1.36. The fraction of sp³-hybridized carbons (Fsp3) is 0.619. The third-order valence-corrected chi connectivity index (χ3v) is 5.46. The van der Waals surface area contributed by atoms with E-state index in [1.807, 2.05) is 23.1 Å². The molecule has 2 aliphatic rings. The van der Waals surface area contributed by atoms with E-state index in [-0.39, 0.29) is 12.5 Å². The van der Waals surface area contributed by atoms with Gasteiger partial charge in [-0.3, -0.25) is 9.79 Å². The molecule has 0 aliphatic carbocycles. The summed E-state index contributed by atoms with van der Waals surface area (Å²) < 4.78 is 0. The highest BCUT2D eigenvalue weighted by molar-refractivity contribution is 5.98. The number of aliphatic imine (C=N–C) groups is 1. The van der Waals surface area contributed by atoms with E-state index in [0.717, 1.165) is 38.2 Å². The zero-order chi connectivity index (χ0) is 18.9. The molecule has 27 heavy (non-hydrogen) atoms. The Hall–Kier alpha value is -2.08. The highest BCUT2D eigenvalue weighted by Crippen LogP contribution is 2.27. The molecule has 0 aromatic heterocycles. The van der Waals surface area contributed by atoms with Gasteiger partial charge in [0, 0.05) is 25.8 Å². The minimum Gasteiger partial charge on any atom is -0.356 e. The van der Waals surface area contributed by atoms with Gasteiger partial charge in [0.1, 0.15) is 0 Å². The van der Waals surface area contributed by atoms with Crippen LogP contribution in [-0.4, -0.2) is 63.1 Å². The summed E-state index contributed by atoms with van der Waals surface area (Å²) in [6.45, 7) is 5.50. The van der Waals surface area contributed by atoms with Gasteiger partial charge in [0.2, 0.25) is 5.91 Å². The van der Waals surface area contributed by atoms with Crippen LogP contribution in [-0.2, 0) is 11.2 Å². The van der Waals surface area contributed by atoms with Crippen molar-refractivity contribution in [3.8, 4) is 0 Å². The number of para-hydroxylation sites is 1. The van der Waals surface area contributed by atoms with Crippen molar-refractivity contribution in [2.24, 2.45) is 4.99 Å². The molecule has 2 aliphatic heterocycles. The number of amides is 1. The van der Waals surface area contributed by atoms with E-state index >= 15 is 0 Å². The van der Waals surface area contributed by atoms with Gasteiger partial charge in [-0.15, -0.1) is 0 Å². The monoisotopic (exact) mass is 371 g/mol. The number of hydrogen-bond acceptors (Lipinski definition) is 3. The Labute approximate surface area is 163 Å². The number of carbonyl (C=O) groups is 1. The highest BCUT2D eigenvalue weighted by Gasteiger charge is 2.23. The summed E-state index contributed by atoms with van der Waals surface area (Å²) in [4.78, 5) is 21.3. The van der Waals surface area contributed by atoms with Crippen molar-refractivity contribution >= 4 is 17.6 Å². The van der Waals surface area contributed by atoms with Crippen LogP contribution < -0.4 is 15.5 Å². The summed E-state index contributed by atoms with van der Waals surface area (Å²) >= 11 is 0. The number of hydrogen-bond donors (Lipinski definition) is 2. The van der Waals surface area contributed by atoms with Gasteiger partial charge in [0.05, 0.1) is 6.54 Å². The van der Waals surface area contributed by atoms with Crippen molar-refractivity contribution in [1.29, 1.82) is 0 Å². The van der Waals surface area contributed by atoms with Crippen LogP contribution in [0.4, 0.5) is 5.69 Å². The van der Waals surface area contributed by atoms with Crippen LogP contribution in [0.2, 0.25) is 0 Å². The number of benzene rings is 1. The Morgan fingerprint density at radius 1 is 1.07 bits per heavy atom. The third-order valence-electron chi connectivity index (χ3n) is 5.46. The van der Waals surface area contributed by atoms with Gasteiger partial charge in [-0.25, -0.2) is 0 Å². The maximum absolute atomic E-state index is 12.6. The lowest BCUT2D eigenvalue weighted by atomic mass is 10.2. The van der Waals surface area contributed by atoms with E-state index in [1.54, 1.807) is 7.05 Å². The maximum Gasteiger partial charge on any atom is 0.246 e. The normalized spacial score (nSPS) is 18.1. The fourth-order valence-electron chi connectivity index (χ4n) is 3.94. The van der Waals surface area contributed by atoms with Gasteiger partial charge < -0.3 is 20.4 Å². The average Bonchev–Trinajstić information content (AvgIpc) is 2.96. The molecule has 0 spiro atoms. The number of guanidine groups is 1. The molecule has 2 N–H and O–H groups in total. The van der Waals surface area contributed by atoms with E-state index in [4.69, 9.17) is 0 Å². The van der Waals surface area contributed by atoms with Gasteiger partial charge in [-0.1, -0.05) is 31.0 Å². The first-order valence-electron chi connectivity index (χ1n) is 10.3. The Morgan fingerprint density at radius 2 is 1.85 bits per heavy atom. The smallest absolute Gasteiger partial charge is 0.246 e. The molecule has 3 rings (SSSR count). The van der Waals surface area contributed by atoms with Crippen LogP contribution in [0.5, 0.6) is 0 Å². The summed E-state index contributed by atoms with van der Waals surface area (Å²) in [6, 6.07) is 8.14. The minimum absolute atomic E-state index is 0.0902. The number of likely N-dealkylation sites (tertiary alicyclic amines) is 1. The van der Waals surface area contributed by atoms with E-state index in [1.165, 1.54) is 44.3 Å². The molecule has 6 heteroatoms. The number of rotatable bonds is 6. The number of nitrogens with one attached hydrogen (secondary N) is 2. The van der Waals surface area contributed by atoms with Crippen molar-refractivity contribution in [2.45, 2.75) is 38.5 Å². The standard InChI is InChI=1S/C21H33N5O/c1-22-21(23-12-8-15-25-13-6-2-3-7-14-25)24-17-20(27)26-16-11-18-9-4-5-10-19(18)26/h4-5,9-10H,2-3,6-8,11-17H2,1H3,(H2,22,23,24). The van der Waals surface area contributed by atoms with Crippen molar-refractivity contribution in [1.82, 2.24) is 15.5 Å². The SMILES string of the molecule is CN=C(NCCCN1CCCCCC1)NCC(=O)N1CCc2ccccc21. The van der Waals surface area contributed by atoms with Gasteiger partial charge in [-0.2, -0.15) is 0 Å². The Kier molecular flexibility index (Phi) is 7.51. The topological polar surface area (TPSA) is 60.0 Å². The van der Waals surface area contributed by atoms with Gasteiger partial charge >= 0.3 is 0 Å². The second-order valence-corrected chi connectivity index (χ2v) is 7.39. The number of nitrogens with zero attached hydrogens (tertiary/aromatic N) is 3. The third kappa shape index (κ3) is 5.70. The second kappa shape index (κ2) is 10.3. The molecule has 0 unspecified atom stereocenters. The highest BCUT2D eigenvalue weighted by atomic mass is 16.2. The van der Waals surface area contributed by atoms with E-state index in [9.17, 15) is 4.79 Å². The summed E-state index contributed by atoms with van der Waals surface area (Å²) in [6.07, 6.45) is 7.44. The predicted molar refractivity (Wildman–Crippen MR) is 111 cm³/mol. The summed E-state index contributed by atoms with van der Waals surface area (Å²) in [5.41, 5.74) is 2.30.